The van der Waals surface area contributed by atoms with Crippen LogP contribution in [0.1, 0.15) is 11.1 Å². The van der Waals surface area contributed by atoms with Gasteiger partial charge in [0.2, 0.25) is 0 Å². The summed E-state index contributed by atoms with van der Waals surface area (Å²) in [6, 6.07) is 11.5. The van der Waals surface area contributed by atoms with Crippen molar-refractivity contribution in [2.24, 2.45) is 0 Å². The molecule has 6 nitrogen and oxygen atoms in total. The summed E-state index contributed by atoms with van der Waals surface area (Å²) in [7, 11) is 3.97. The van der Waals surface area contributed by atoms with E-state index >= 15 is 0 Å². The van der Waals surface area contributed by atoms with Crippen molar-refractivity contribution >= 4 is 22.7 Å². The van der Waals surface area contributed by atoms with Crippen LogP contribution in [0.3, 0.4) is 0 Å². The molecule has 0 aliphatic heterocycles. The van der Waals surface area contributed by atoms with Gasteiger partial charge in [0.1, 0.15) is 0 Å². The quantitative estimate of drug-likeness (QED) is 0.492. The number of anilines is 4. The van der Waals surface area contributed by atoms with E-state index in [1.165, 1.54) is 0 Å². The van der Waals surface area contributed by atoms with E-state index in [9.17, 15) is 5.11 Å². The summed E-state index contributed by atoms with van der Waals surface area (Å²) < 4.78 is 0. The van der Waals surface area contributed by atoms with E-state index in [0.717, 1.165) is 22.5 Å². The third-order valence-electron chi connectivity index (χ3n) is 4.00. The molecule has 0 bridgehead atoms. The molecule has 2 aromatic carbocycles. The van der Waals surface area contributed by atoms with E-state index < -0.39 is 6.10 Å². The highest BCUT2D eigenvalue weighted by Gasteiger charge is 2.15. The molecule has 0 fully saturated rings. The topological polar surface area (TPSA) is 108 Å². The van der Waals surface area contributed by atoms with Crippen LogP contribution in [0.2, 0.25) is 0 Å². The van der Waals surface area contributed by atoms with Crippen molar-refractivity contribution in [2.75, 3.05) is 42.4 Å². The maximum atomic E-state index is 9.78. The van der Waals surface area contributed by atoms with Crippen LogP contribution in [0.5, 0.6) is 0 Å². The number of benzene rings is 2. The molecule has 0 aliphatic rings. The van der Waals surface area contributed by atoms with E-state index in [1.807, 2.05) is 43.3 Å². The zero-order valence-electron chi connectivity index (χ0n) is 14.2. The van der Waals surface area contributed by atoms with Crippen LogP contribution >= 0.6 is 0 Å². The number of aliphatic hydroxyl groups is 2. The maximum absolute atomic E-state index is 9.78. The molecule has 0 heterocycles. The lowest BCUT2D eigenvalue weighted by Gasteiger charge is -2.21. The second kappa shape index (κ2) is 7.90. The molecule has 2 aromatic rings. The zero-order valence-corrected chi connectivity index (χ0v) is 14.2. The number of para-hydroxylation sites is 2. The minimum absolute atomic E-state index is 0.264. The number of hydrogen-bond acceptors (Lipinski definition) is 6. The molecule has 0 saturated carbocycles. The Bertz CT molecular complexity index is 689. The minimum atomic E-state index is -0.859. The predicted molar refractivity (Wildman–Crippen MR) is 100 cm³/mol. The van der Waals surface area contributed by atoms with Gasteiger partial charge in [-0.1, -0.05) is 12.1 Å². The Hall–Kier alpha value is -2.44. The van der Waals surface area contributed by atoms with Crippen molar-refractivity contribution in [3.63, 3.8) is 0 Å². The first-order chi connectivity index (χ1) is 11.4. The molecule has 6 heteroatoms. The molecule has 1 atom stereocenters. The van der Waals surface area contributed by atoms with E-state index in [-0.39, 0.29) is 13.0 Å². The van der Waals surface area contributed by atoms with Crippen LogP contribution in [-0.4, -0.2) is 37.0 Å². The Labute approximate surface area is 142 Å². The monoisotopic (exact) mass is 330 g/mol. The standard InChI is InChI=1S/C18H26N4O2/c1-22(2)18-6-4-3-5-17(18)21-10-14-13(9-12(24)11-23)15(19)7-8-16(14)20/h3-8,12,21,23-24H,9-11,19-20H2,1-2H3. The third-order valence-corrected chi connectivity index (χ3v) is 4.00. The summed E-state index contributed by atoms with van der Waals surface area (Å²) in [5.74, 6) is 0. The predicted octanol–water partition coefficient (Wildman–Crippen LogP) is 1.42. The summed E-state index contributed by atoms with van der Waals surface area (Å²) in [4.78, 5) is 2.03. The van der Waals surface area contributed by atoms with Crippen LogP contribution in [0.15, 0.2) is 36.4 Å². The summed E-state index contributed by atoms with van der Waals surface area (Å²) in [5, 5.41) is 22.3. The number of aliphatic hydroxyl groups excluding tert-OH is 2. The van der Waals surface area contributed by atoms with Gasteiger partial charge < -0.3 is 31.9 Å². The fourth-order valence-corrected chi connectivity index (χ4v) is 2.68. The molecule has 2 rings (SSSR count). The fourth-order valence-electron chi connectivity index (χ4n) is 2.68. The van der Waals surface area contributed by atoms with Crippen molar-refractivity contribution in [1.29, 1.82) is 0 Å². The van der Waals surface area contributed by atoms with Crippen LogP contribution in [0, 0.1) is 0 Å². The molecule has 24 heavy (non-hydrogen) atoms. The molecule has 0 saturated heterocycles. The highest BCUT2D eigenvalue weighted by atomic mass is 16.3. The first-order valence-corrected chi connectivity index (χ1v) is 7.89. The third kappa shape index (κ3) is 4.10. The highest BCUT2D eigenvalue weighted by Crippen LogP contribution is 2.28. The number of nitrogen functional groups attached to an aromatic ring is 2. The van der Waals surface area contributed by atoms with Crippen molar-refractivity contribution in [3.05, 3.63) is 47.5 Å². The zero-order chi connectivity index (χ0) is 17.7. The van der Waals surface area contributed by atoms with Gasteiger partial charge in [0.05, 0.1) is 24.1 Å². The number of nitrogens with zero attached hydrogens (tertiary/aromatic N) is 1. The van der Waals surface area contributed by atoms with Crippen molar-refractivity contribution in [3.8, 4) is 0 Å². The van der Waals surface area contributed by atoms with Gasteiger partial charge in [-0.2, -0.15) is 0 Å². The van der Waals surface area contributed by atoms with E-state index in [2.05, 4.69) is 5.32 Å². The second-order valence-corrected chi connectivity index (χ2v) is 6.01. The second-order valence-electron chi connectivity index (χ2n) is 6.01. The first-order valence-electron chi connectivity index (χ1n) is 7.89. The van der Waals surface area contributed by atoms with Gasteiger partial charge in [0.25, 0.3) is 0 Å². The molecule has 0 amide bonds. The van der Waals surface area contributed by atoms with Crippen LogP contribution in [0.25, 0.3) is 0 Å². The Balaban J connectivity index is 2.28. The molecule has 1 unspecified atom stereocenters. The van der Waals surface area contributed by atoms with Crippen LogP contribution in [-0.2, 0) is 13.0 Å². The number of hydrogen-bond donors (Lipinski definition) is 5. The van der Waals surface area contributed by atoms with Crippen LogP contribution < -0.4 is 21.7 Å². The smallest absolute Gasteiger partial charge is 0.0812 e. The average molecular weight is 330 g/mol. The average Bonchev–Trinajstić information content (AvgIpc) is 2.57. The lowest BCUT2D eigenvalue weighted by molar-refractivity contribution is 0.0955. The number of nitrogens with two attached hydrogens (primary N) is 2. The highest BCUT2D eigenvalue weighted by molar-refractivity contribution is 5.70. The molecule has 7 N–H and O–H groups in total. The van der Waals surface area contributed by atoms with Gasteiger partial charge in [-0.3, -0.25) is 0 Å². The van der Waals surface area contributed by atoms with Gasteiger partial charge in [-0.15, -0.1) is 0 Å². The molecule has 0 radical (unpaired) electrons. The van der Waals surface area contributed by atoms with Gasteiger partial charge in [0.15, 0.2) is 0 Å². The SMILES string of the molecule is CN(C)c1ccccc1NCc1c(N)ccc(N)c1CC(O)CO. The Kier molecular flexibility index (Phi) is 5.89. The van der Waals surface area contributed by atoms with Crippen molar-refractivity contribution in [2.45, 2.75) is 19.1 Å². The largest absolute Gasteiger partial charge is 0.398 e. The van der Waals surface area contributed by atoms with E-state index in [1.54, 1.807) is 12.1 Å². The molecule has 0 aromatic heterocycles. The molecule has 130 valence electrons. The lowest BCUT2D eigenvalue weighted by Crippen LogP contribution is -2.19. The molecule has 0 aliphatic carbocycles. The summed E-state index contributed by atoms with van der Waals surface area (Å²) >= 11 is 0. The Morgan fingerprint density at radius 3 is 2.29 bits per heavy atom. The van der Waals surface area contributed by atoms with E-state index in [0.29, 0.717) is 17.9 Å². The van der Waals surface area contributed by atoms with E-state index in [4.69, 9.17) is 16.6 Å². The normalized spacial score (nSPS) is 12.0. The minimum Gasteiger partial charge on any atom is -0.398 e. The van der Waals surface area contributed by atoms with Crippen molar-refractivity contribution in [1.82, 2.24) is 0 Å². The van der Waals surface area contributed by atoms with Gasteiger partial charge in [-0.05, 0) is 35.4 Å². The van der Waals surface area contributed by atoms with Crippen LogP contribution in [0.4, 0.5) is 22.7 Å². The molecular formula is C18H26N4O2. The maximum Gasteiger partial charge on any atom is 0.0812 e. The van der Waals surface area contributed by atoms with Gasteiger partial charge in [-0.25, -0.2) is 0 Å². The summed E-state index contributed by atoms with van der Waals surface area (Å²) in [6.45, 7) is 0.166. The van der Waals surface area contributed by atoms with Gasteiger partial charge >= 0.3 is 0 Å². The molecule has 0 spiro atoms. The summed E-state index contributed by atoms with van der Waals surface area (Å²) in [5.41, 5.74) is 17.0. The molecular weight excluding hydrogens is 304 g/mol. The van der Waals surface area contributed by atoms with Gasteiger partial charge in [0, 0.05) is 38.4 Å². The van der Waals surface area contributed by atoms with Crippen molar-refractivity contribution < 1.29 is 10.2 Å². The Morgan fingerprint density at radius 1 is 1.04 bits per heavy atom. The lowest BCUT2D eigenvalue weighted by atomic mass is 9.97. The number of rotatable bonds is 7. The fraction of sp³-hybridized carbons (Fsp3) is 0.333. The first kappa shape index (κ1) is 17.9. The number of nitrogens with one attached hydrogen (secondary N) is 1. The summed E-state index contributed by atoms with van der Waals surface area (Å²) in [6.07, 6.45) is -0.596. The Morgan fingerprint density at radius 2 is 1.67 bits per heavy atom.